The van der Waals surface area contributed by atoms with Crippen molar-refractivity contribution in [2.75, 3.05) is 13.7 Å². The van der Waals surface area contributed by atoms with E-state index in [0.29, 0.717) is 30.0 Å². The van der Waals surface area contributed by atoms with Gasteiger partial charge in [-0.15, -0.1) is 0 Å². The van der Waals surface area contributed by atoms with E-state index in [1.807, 2.05) is 6.07 Å². The standard InChI is InChI=1S/C17H16FNO3/c1-21-13-7-5-11(6-8-13)17(20)19-10-14-9-12-3-2-4-15(18)16(12)22-14/h2-8,14H,9-10H2,1H3,(H,19,20). The average molecular weight is 301 g/mol. The van der Waals surface area contributed by atoms with Crippen LogP contribution in [0.5, 0.6) is 11.5 Å². The van der Waals surface area contributed by atoms with Crippen LogP contribution in [0, 0.1) is 5.82 Å². The molecule has 1 N–H and O–H groups in total. The van der Waals surface area contributed by atoms with Gasteiger partial charge in [0.1, 0.15) is 11.9 Å². The first kappa shape index (κ1) is 14.4. The van der Waals surface area contributed by atoms with Crippen LogP contribution in [-0.2, 0) is 6.42 Å². The lowest BCUT2D eigenvalue weighted by Gasteiger charge is -2.12. The van der Waals surface area contributed by atoms with Gasteiger partial charge in [0.25, 0.3) is 5.91 Å². The Bertz CT molecular complexity index is 685. The molecule has 1 atom stereocenters. The molecule has 0 aliphatic carbocycles. The summed E-state index contributed by atoms with van der Waals surface area (Å²) in [7, 11) is 1.57. The maximum absolute atomic E-state index is 13.6. The Hall–Kier alpha value is -2.56. The molecule has 2 aromatic rings. The van der Waals surface area contributed by atoms with E-state index in [1.165, 1.54) is 6.07 Å². The molecule has 0 saturated carbocycles. The van der Waals surface area contributed by atoms with E-state index in [2.05, 4.69) is 5.32 Å². The van der Waals surface area contributed by atoms with Crippen molar-refractivity contribution in [3.8, 4) is 11.5 Å². The number of carbonyl (C=O) groups is 1. The van der Waals surface area contributed by atoms with Crippen molar-refractivity contribution in [1.29, 1.82) is 0 Å². The van der Waals surface area contributed by atoms with Crippen LogP contribution in [0.3, 0.4) is 0 Å². The molecule has 114 valence electrons. The Kier molecular flexibility index (Phi) is 3.96. The third-order valence-electron chi connectivity index (χ3n) is 3.62. The molecule has 1 heterocycles. The van der Waals surface area contributed by atoms with Crippen LogP contribution >= 0.6 is 0 Å². The number of para-hydroxylation sites is 1. The van der Waals surface area contributed by atoms with Crippen molar-refractivity contribution in [3.63, 3.8) is 0 Å². The predicted octanol–water partition coefficient (Wildman–Crippen LogP) is 2.57. The Morgan fingerprint density at radius 3 is 2.77 bits per heavy atom. The number of ether oxygens (including phenoxy) is 2. The number of methoxy groups -OCH3 is 1. The number of halogens is 1. The van der Waals surface area contributed by atoms with E-state index >= 15 is 0 Å². The normalized spacial score (nSPS) is 15.8. The summed E-state index contributed by atoms with van der Waals surface area (Å²) in [5.74, 6) is 0.442. The topological polar surface area (TPSA) is 47.6 Å². The summed E-state index contributed by atoms with van der Waals surface area (Å²) < 4.78 is 24.2. The SMILES string of the molecule is COc1ccc(C(=O)NCC2Cc3cccc(F)c3O2)cc1. The molecular weight excluding hydrogens is 285 g/mol. The van der Waals surface area contributed by atoms with Crippen LogP contribution in [0.25, 0.3) is 0 Å². The monoisotopic (exact) mass is 301 g/mol. The molecule has 1 aliphatic heterocycles. The highest BCUT2D eigenvalue weighted by molar-refractivity contribution is 5.94. The lowest BCUT2D eigenvalue weighted by Crippen LogP contribution is -2.34. The number of rotatable bonds is 4. The van der Waals surface area contributed by atoms with Crippen LogP contribution in [0.4, 0.5) is 4.39 Å². The van der Waals surface area contributed by atoms with Crippen molar-refractivity contribution in [2.45, 2.75) is 12.5 Å². The van der Waals surface area contributed by atoms with Crippen molar-refractivity contribution in [1.82, 2.24) is 5.32 Å². The third kappa shape index (κ3) is 2.88. The van der Waals surface area contributed by atoms with Crippen molar-refractivity contribution in [3.05, 3.63) is 59.4 Å². The van der Waals surface area contributed by atoms with E-state index in [0.717, 1.165) is 5.56 Å². The van der Waals surface area contributed by atoms with Crippen molar-refractivity contribution in [2.24, 2.45) is 0 Å². The van der Waals surface area contributed by atoms with Crippen molar-refractivity contribution >= 4 is 5.91 Å². The third-order valence-corrected chi connectivity index (χ3v) is 3.62. The van der Waals surface area contributed by atoms with Gasteiger partial charge in [0.05, 0.1) is 13.7 Å². The first-order valence-electron chi connectivity index (χ1n) is 7.03. The molecular formula is C17H16FNO3. The highest BCUT2D eigenvalue weighted by atomic mass is 19.1. The first-order valence-corrected chi connectivity index (χ1v) is 7.03. The van der Waals surface area contributed by atoms with Gasteiger partial charge in [-0.1, -0.05) is 12.1 Å². The number of hydrogen-bond acceptors (Lipinski definition) is 3. The minimum Gasteiger partial charge on any atom is -0.497 e. The Balaban J connectivity index is 1.57. The summed E-state index contributed by atoms with van der Waals surface area (Å²) in [6.45, 7) is 0.332. The van der Waals surface area contributed by atoms with Gasteiger partial charge in [0.2, 0.25) is 0 Å². The highest BCUT2D eigenvalue weighted by Gasteiger charge is 2.25. The predicted molar refractivity (Wildman–Crippen MR) is 79.8 cm³/mol. The van der Waals surface area contributed by atoms with E-state index < -0.39 is 0 Å². The van der Waals surface area contributed by atoms with Crippen molar-refractivity contribution < 1.29 is 18.7 Å². The number of carbonyl (C=O) groups excluding carboxylic acids is 1. The molecule has 22 heavy (non-hydrogen) atoms. The second-order valence-electron chi connectivity index (χ2n) is 5.11. The number of hydrogen-bond donors (Lipinski definition) is 1. The lowest BCUT2D eigenvalue weighted by molar-refractivity contribution is 0.0933. The molecule has 0 fully saturated rings. The summed E-state index contributed by atoms with van der Waals surface area (Å²) in [5.41, 5.74) is 1.38. The molecule has 0 spiro atoms. The molecule has 3 rings (SSSR count). The Morgan fingerprint density at radius 2 is 2.09 bits per heavy atom. The molecule has 1 unspecified atom stereocenters. The van der Waals surface area contributed by atoms with E-state index in [-0.39, 0.29) is 17.8 Å². The van der Waals surface area contributed by atoms with Crippen LogP contribution in [0.15, 0.2) is 42.5 Å². The summed E-state index contributed by atoms with van der Waals surface area (Å²) in [4.78, 5) is 12.1. The summed E-state index contributed by atoms with van der Waals surface area (Å²) >= 11 is 0. The minimum absolute atomic E-state index is 0.192. The zero-order chi connectivity index (χ0) is 15.5. The zero-order valence-corrected chi connectivity index (χ0v) is 12.1. The van der Waals surface area contributed by atoms with Gasteiger partial charge < -0.3 is 14.8 Å². The highest BCUT2D eigenvalue weighted by Crippen LogP contribution is 2.31. The maximum atomic E-state index is 13.6. The number of amides is 1. The Morgan fingerprint density at radius 1 is 1.32 bits per heavy atom. The molecule has 0 bridgehead atoms. The quantitative estimate of drug-likeness (QED) is 0.944. The van der Waals surface area contributed by atoms with Gasteiger partial charge in [-0.2, -0.15) is 0 Å². The van der Waals surface area contributed by atoms with Crippen LogP contribution < -0.4 is 14.8 Å². The summed E-state index contributed by atoms with van der Waals surface area (Å²) in [6.07, 6.45) is 0.352. The molecule has 4 nitrogen and oxygen atoms in total. The van der Waals surface area contributed by atoms with E-state index in [4.69, 9.17) is 9.47 Å². The molecule has 1 aliphatic rings. The second kappa shape index (κ2) is 6.05. The molecule has 0 radical (unpaired) electrons. The number of benzene rings is 2. The van der Waals surface area contributed by atoms with E-state index in [9.17, 15) is 9.18 Å². The van der Waals surface area contributed by atoms with E-state index in [1.54, 1.807) is 37.4 Å². The minimum atomic E-state index is -0.360. The fourth-order valence-corrected chi connectivity index (χ4v) is 2.46. The van der Waals surface area contributed by atoms with Gasteiger partial charge in [0, 0.05) is 17.5 Å². The molecule has 0 saturated heterocycles. The number of fused-ring (bicyclic) bond motifs is 1. The smallest absolute Gasteiger partial charge is 0.251 e. The number of nitrogens with one attached hydrogen (secondary N) is 1. The van der Waals surface area contributed by atoms with Gasteiger partial charge >= 0.3 is 0 Å². The maximum Gasteiger partial charge on any atom is 0.251 e. The Labute approximate surface area is 127 Å². The van der Waals surface area contributed by atoms with Crippen LogP contribution in [0.2, 0.25) is 0 Å². The summed E-state index contributed by atoms with van der Waals surface area (Å²) in [6, 6.07) is 11.7. The first-order chi connectivity index (χ1) is 10.7. The van der Waals surface area contributed by atoms with Crippen LogP contribution in [-0.4, -0.2) is 25.7 Å². The average Bonchev–Trinajstić information content (AvgIpc) is 2.97. The lowest BCUT2D eigenvalue weighted by atomic mass is 10.1. The largest absolute Gasteiger partial charge is 0.497 e. The van der Waals surface area contributed by atoms with Crippen LogP contribution in [0.1, 0.15) is 15.9 Å². The molecule has 5 heteroatoms. The zero-order valence-electron chi connectivity index (χ0n) is 12.1. The fourth-order valence-electron chi connectivity index (χ4n) is 2.46. The molecule has 2 aromatic carbocycles. The molecule has 0 aromatic heterocycles. The van der Waals surface area contributed by atoms with Gasteiger partial charge in [-0.05, 0) is 30.3 Å². The fraction of sp³-hybridized carbons (Fsp3) is 0.235. The van der Waals surface area contributed by atoms with Gasteiger partial charge in [-0.25, -0.2) is 4.39 Å². The van der Waals surface area contributed by atoms with Gasteiger partial charge in [-0.3, -0.25) is 4.79 Å². The van der Waals surface area contributed by atoms with Gasteiger partial charge in [0.15, 0.2) is 11.6 Å². The second-order valence-corrected chi connectivity index (χ2v) is 5.11. The summed E-state index contributed by atoms with van der Waals surface area (Å²) in [5, 5.41) is 2.81. The molecule has 1 amide bonds.